The number of nitrogens with one attached hydrogen (secondary N) is 1. The number of carbonyl (C=O) groups excluding carboxylic acids is 1. The van der Waals surface area contributed by atoms with Crippen molar-refractivity contribution in [2.24, 2.45) is 0 Å². The van der Waals surface area contributed by atoms with Crippen LogP contribution in [0.15, 0.2) is 29.2 Å². The molecule has 7 heteroatoms. The maximum atomic E-state index is 11.7. The average molecular weight is 552 g/mol. The van der Waals surface area contributed by atoms with Crippen molar-refractivity contribution < 1.29 is 47.5 Å². The molecule has 0 atom stereocenters. The summed E-state index contributed by atoms with van der Waals surface area (Å²) in [6.07, 6.45) is 4.04. The van der Waals surface area contributed by atoms with Crippen molar-refractivity contribution in [3.05, 3.63) is 24.3 Å². The Labute approximate surface area is 161 Å². The Bertz CT molecular complexity index is 460. The Balaban J connectivity index is 0. The SMILES string of the molecule is CCNC(=O)N1CCC(Oc2cccc(SC)c2)CC1.O.[HH].[U]. The van der Waals surface area contributed by atoms with E-state index < -0.39 is 0 Å². The van der Waals surface area contributed by atoms with Gasteiger partial charge in [-0.2, -0.15) is 0 Å². The molecule has 5 nitrogen and oxygen atoms in total. The number of hydrogen-bond donors (Lipinski definition) is 1. The molecule has 0 unspecified atom stereocenters. The van der Waals surface area contributed by atoms with Crippen LogP contribution in [0.2, 0.25) is 0 Å². The van der Waals surface area contributed by atoms with E-state index in [9.17, 15) is 4.79 Å². The molecule has 1 aliphatic heterocycles. The second-order valence-corrected chi connectivity index (χ2v) is 5.70. The van der Waals surface area contributed by atoms with Crippen molar-refractivity contribution in [3.63, 3.8) is 0 Å². The van der Waals surface area contributed by atoms with Crippen LogP contribution in [0.3, 0.4) is 0 Å². The first kappa shape index (κ1) is 21.7. The number of carbonyl (C=O) groups is 1. The zero-order chi connectivity index (χ0) is 14.4. The van der Waals surface area contributed by atoms with E-state index in [1.54, 1.807) is 11.8 Å². The van der Waals surface area contributed by atoms with Gasteiger partial charge in [0.2, 0.25) is 0 Å². The maximum absolute atomic E-state index is 11.7. The molecular formula is C15H26N2O3SU. The van der Waals surface area contributed by atoms with Crippen LogP contribution in [-0.4, -0.2) is 48.4 Å². The molecule has 3 N–H and O–H groups in total. The molecule has 0 aliphatic carbocycles. The predicted molar refractivity (Wildman–Crippen MR) is 88.2 cm³/mol. The summed E-state index contributed by atoms with van der Waals surface area (Å²) in [6, 6.07) is 8.20. The minimum absolute atomic E-state index is 0. The second kappa shape index (κ2) is 11.2. The summed E-state index contributed by atoms with van der Waals surface area (Å²) in [5, 5.41) is 2.84. The van der Waals surface area contributed by atoms with Gasteiger partial charge in [-0.15, -0.1) is 11.8 Å². The van der Waals surface area contributed by atoms with Gasteiger partial charge in [-0.1, -0.05) is 6.07 Å². The van der Waals surface area contributed by atoms with E-state index in [4.69, 9.17) is 4.74 Å². The number of hydrogen-bond acceptors (Lipinski definition) is 3. The van der Waals surface area contributed by atoms with E-state index in [1.165, 1.54) is 4.90 Å². The molecule has 1 aliphatic rings. The van der Waals surface area contributed by atoms with E-state index >= 15 is 0 Å². The van der Waals surface area contributed by atoms with Gasteiger partial charge >= 0.3 is 6.03 Å². The van der Waals surface area contributed by atoms with Crippen LogP contribution >= 0.6 is 11.8 Å². The molecule has 1 fully saturated rings. The molecule has 22 heavy (non-hydrogen) atoms. The third kappa shape index (κ3) is 6.41. The zero-order valence-electron chi connectivity index (χ0n) is 13.1. The molecule has 124 valence electrons. The number of thioether (sulfide) groups is 1. The van der Waals surface area contributed by atoms with E-state index in [0.29, 0.717) is 6.54 Å². The molecule has 2 rings (SSSR count). The average Bonchev–Trinajstić information content (AvgIpc) is 2.48. The summed E-state index contributed by atoms with van der Waals surface area (Å²) >= 11 is 1.71. The van der Waals surface area contributed by atoms with Gasteiger partial charge in [0.1, 0.15) is 11.9 Å². The first-order valence-electron chi connectivity index (χ1n) is 7.06. The molecule has 2 amide bonds. The smallest absolute Gasteiger partial charge is 0.317 e. The quantitative estimate of drug-likeness (QED) is 0.584. The number of urea groups is 1. The van der Waals surface area contributed by atoms with Gasteiger partial charge in [-0.3, -0.25) is 0 Å². The van der Waals surface area contributed by atoms with E-state index in [0.717, 1.165) is 31.7 Å². The monoisotopic (exact) mass is 552 g/mol. The topological polar surface area (TPSA) is 73.1 Å². The first-order chi connectivity index (χ1) is 9.72. The van der Waals surface area contributed by atoms with Crippen molar-refractivity contribution in [2.45, 2.75) is 30.8 Å². The molecule has 0 spiro atoms. The molecule has 1 aromatic rings. The van der Waals surface area contributed by atoms with Crippen molar-refractivity contribution in [1.29, 1.82) is 0 Å². The number of nitrogens with zero attached hydrogens (tertiary/aromatic N) is 1. The van der Waals surface area contributed by atoms with Crippen LogP contribution in [0.4, 0.5) is 4.79 Å². The van der Waals surface area contributed by atoms with Crippen molar-refractivity contribution >= 4 is 17.8 Å². The standard InChI is InChI=1S/C15H22N2O2S.H2O.U.H2/c1-3-16-15(18)17-9-7-12(8-10-17)19-13-5-4-6-14(11-13)20-2;;;/h4-6,11-12H,3,7-10H2,1-2H3,(H,16,18);1H2;;1H. The summed E-state index contributed by atoms with van der Waals surface area (Å²) in [4.78, 5) is 14.8. The molecular weight excluding hydrogens is 526 g/mol. The minimum atomic E-state index is 0. The number of likely N-dealkylation sites (tertiary alicyclic amines) is 1. The minimum Gasteiger partial charge on any atom is -0.490 e. The summed E-state index contributed by atoms with van der Waals surface area (Å²) in [5.74, 6) is 0.924. The predicted octanol–water partition coefficient (Wildman–Crippen LogP) is 2.40. The zero-order valence-corrected chi connectivity index (χ0v) is 18.1. The summed E-state index contributed by atoms with van der Waals surface area (Å²) in [6.45, 7) is 4.14. The molecule has 1 aromatic carbocycles. The Morgan fingerprint density at radius 3 is 2.73 bits per heavy atom. The van der Waals surface area contributed by atoms with Crippen molar-refractivity contribution in [3.8, 4) is 5.75 Å². The maximum Gasteiger partial charge on any atom is 0.317 e. The number of piperidine rings is 1. The van der Waals surface area contributed by atoms with E-state index in [1.807, 2.05) is 24.0 Å². The molecule has 0 radical (unpaired) electrons. The van der Waals surface area contributed by atoms with Crippen LogP contribution in [0.1, 0.15) is 21.2 Å². The van der Waals surface area contributed by atoms with Crippen LogP contribution < -0.4 is 10.1 Å². The fourth-order valence-corrected chi connectivity index (χ4v) is 2.76. The van der Waals surface area contributed by atoms with Gasteiger partial charge in [-0.05, 0) is 31.4 Å². The Morgan fingerprint density at radius 2 is 2.14 bits per heavy atom. The Kier molecular flexibility index (Phi) is 11.1. The van der Waals surface area contributed by atoms with Gasteiger partial charge in [-0.25, -0.2) is 4.79 Å². The largest absolute Gasteiger partial charge is 0.490 e. The van der Waals surface area contributed by atoms with Gasteiger partial charge in [0.05, 0.1) is 0 Å². The fourth-order valence-electron chi connectivity index (χ4n) is 2.31. The molecule has 1 saturated heterocycles. The molecule has 0 saturated carbocycles. The van der Waals surface area contributed by atoms with Crippen molar-refractivity contribution in [1.82, 2.24) is 10.2 Å². The Hall–Kier alpha value is -0.348. The normalized spacial score (nSPS) is 14.5. The van der Waals surface area contributed by atoms with Crippen LogP contribution in [0, 0.1) is 31.1 Å². The molecule has 1 heterocycles. The van der Waals surface area contributed by atoms with Gasteiger partial charge in [0, 0.05) is 69.9 Å². The summed E-state index contributed by atoms with van der Waals surface area (Å²) in [5.41, 5.74) is 0. The van der Waals surface area contributed by atoms with Crippen LogP contribution in [-0.2, 0) is 0 Å². The van der Waals surface area contributed by atoms with Gasteiger partial charge < -0.3 is 20.4 Å². The van der Waals surface area contributed by atoms with Crippen molar-refractivity contribution in [2.75, 3.05) is 25.9 Å². The fraction of sp³-hybridized carbons (Fsp3) is 0.533. The first-order valence-corrected chi connectivity index (χ1v) is 8.29. The van der Waals surface area contributed by atoms with E-state index in [-0.39, 0.29) is 50.2 Å². The van der Waals surface area contributed by atoms with Crippen LogP contribution in [0.25, 0.3) is 0 Å². The third-order valence-corrected chi connectivity index (χ3v) is 4.13. The van der Waals surface area contributed by atoms with Crippen LogP contribution in [0.5, 0.6) is 5.75 Å². The van der Waals surface area contributed by atoms with Gasteiger partial charge in [0.25, 0.3) is 0 Å². The molecule has 0 bridgehead atoms. The summed E-state index contributed by atoms with van der Waals surface area (Å²) < 4.78 is 6.01. The number of benzene rings is 1. The third-order valence-electron chi connectivity index (χ3n) is 3.40. The Morgan fingerprint density at radius 1 is 1.45 bits per heavy atom. The van der Waals surface area contributed by atoms with Gasteiger partial charge in [0.15, 0.2) is 0 Å². The number of amides is 2. The number of ether oxygens (including phenoxy) is 1. The molecule has 0 aromatic heterocycles. The number of rotatable bonds is 4. The second-order valence-electron chi connectivity index (χ2n) is 4.82. The van der Waals surface area contributed by atoms with E-state index in [2.05, 4.69) is 23.7 Å². The summed E-state index contributed by atoms with van der Waals surface area (Å²) in [7, 11) is 0.